The number of carboxylic acid groups (broad SMARTS) is 1. The van der Waals surface area contributed by atoms with Crippen LogP contribution in [-0.4, -0.2) is 53.3 Å². The van der Waals surface area contributed by atoms with Gasteiger partial charge in [-0.25, -0.2) is 14.2 Å². The minimum Gasteiger partial charge on any atom is -0.449 e. The van der Waals surface area contributed by atoms with E-state index in [0.717, 1.165) is 18.9 Å². The van der Waals surface area contributed by atoms with E-state index in [1.807, 2.05) is 0 Å². The summed E-state index contributed by atoms with van der Waals surface area (Å²) in [6.45, 7) is 1.05. The second-order valence-corrected chi connectivity index (χ2v) is 7.07. The highest BCUT2D eigenvalue weighted by atomic mass is 19.1. The minimum absolute atomic E-state index is 0.0303. The van der Waals surface area contributed by atoms with Crippen LogP contribution in [0.2, 0.25) is 0 Å². The number of oxime groups is 1. The fraction of sp³-hybridized carbons (Fsp3) is 0.444. The molecule has 1 saturated carbocycles. The molecule has 10 nitrogen and oxygen atoms in total. The van der Waals surface area contributed by atoms with E-state index < -0.39 is 17.4 Å². The van der Waals surface area contributed by atoms with E-state index in [9.17, 15) is 14.0 Å². The molecule has 2 aliphatic rings. The van der Waals surface area contributed by atoms with E-state index >= 15 is 0 Å². The van der Waals surface area contributed by atoms with E-state index in [2.05, 4.69) is 14.9 Å². The van der Waals surface area contributed by atoms with Crippen molar-refractivity contribution in [1.82, 2.24) is 9.55 Å². The number of aromatic nitrogens is 2. The van der Waals surface area contributed by atoms with Crippen LogP contribution < -0.4 is 20.8 Å². The first-order valence-corrected chi connectivity index (χ1v) is 9.14. The van der Waals surface area contributed by atoms with Gasteiger partial charge in [0.05, 0.1) is 23.8 Å². The lowest BCUT2D eigenvalue weighted by molar-refractivity contribution is 0.143. The van der Waals surface area contributed by atoms with Gasteiger partial charge in [-0.2, -0.15) is 0 Å². The summed E-state index contributed by atoms with van der Waals surface area (Å²) in [5, 5.41) is 12.8. The molecule has 0 spiro atoms. The lowest BCUT2D eigenvalue weighted by Gasteiger charge is -2.19. The number of nitrogens with two attached hydrogens (primary N) is 1. The van der Waals surface area contributed by atoms with Gasteiger partial charge < -0.3 is 29.9 Å². The molecule has 11 heteroatoms. The van der Waals surface area contributed by atoms with Gasteiger partial charge in [0.15, 0.2) is 17.4 Å². The first-order chi connectivity index (χ1) is 13.9. The fourth-order valence-corrected chi connectivity index (χ4v) is 3.59. The molecule has 1 atom stereocenters. The Hall–Kier alpha value is -3.21. The molecule has 0 aromatic carbocycles. The van der Waals surface area contributed by atoms with Gasteiger partial charge in [-0.3, -0.25) is 4.79 Å². The summed E-state index contributed by atoms with van der Waals surface area (Å²) >= 11 is 0. The lowest BCUT2D eigenvalue weighted by Crippen LogP contribution is -2.25. The Kier molecular flexibility index (Phi) is 4.82. The second-order valence-electron chi connectivity index (χ2n) is 7.07. The maximum Gasteiger partial charge on any atom is 0.511 e. The molecule has 1 saturated heterocycles. The van der Waals surface area contributed by atoms with Crippen molar-refractivity contribution in [1.29, 1.82) is 0 Å². The van der Waals surface area contributed by atoms with Gasteiger partial charge in [-0.15, -0.1) is 0 Å². The van der Waals surface area contributed by atoms with Crippen LogP contribution in [0.4, 0.5) is 15.0 Å². The molecule has 3 N–H and O–H groups in total. The molecular formula is C18H20FN5O5. The van der Waals surface area contributed by atoms with Crippen LogP contribution in [-0.2, 0) is 4.84 Å². The molecule has 154 valence electrons. The molecule has 0 bridgehead atoms. The Labute approximate surface area is 164 Å². The highest BCUT2D eigenvalue weighted by Gasteiger charge is 2.33. The molecule has 0 radical (unpaired) electrons. The molecule has 1 aliphatic heterocycles. The number of hydrogen-bond donors (Lipinski definition) is 2. The zero-order valence-corrected chi connectivity index (χ0v) is 15.7. The standard InChI is InChI=1S/C18H20FN5O5/c1-28-22-13-7-23(6-9(13)5-20)17-12(19)4-11-15(25)14(29-18(26)27)8-24(10-2-3-10)16(11)21-17/h4,8-10H,2-3,5-7,20H2,1H3,(H,26,27). The van der Waals surface area contributed by atoms with Crippen molar-refractivity contribution in [2.45, 2.75) is 18.9 Å². The first kappa shape index (κ1) is 19.1. The minimum atomic E-state index is -1.61. The zero-order valence-electron chi connectivity index (χ0n) is 15.7. The maximum absolute atomic E-state index is 14.9. The highest BCUT2D eigenvalue weighted by molar-refractivity contribution is 5.94. The van der Waals surface area contributed by atoms with Crippen molar-refractivity contribution < 1.29 is 23.9 Å². The van der Waals surface area contributed by atoms with Crippen LogP contribution in [0, 0.1) is 11.7 Å². The third-order valence-electron chi connectivity index (χ3n) is 5.10. The van der Waals surface area contributed by atoms with Crippen LogP contribution >= 0.6 is 0 Å². The normalized spacial score (nSPS) is 20.4. The van der Waals surface area contributed by atoms with Crippen LogP contribution in [0.3, 0.4) is 0 Å². The quantitative estimate of drug-likeness (QED) is 0.562. The highest BCUT2D eigenvalue weighted by Crippen LogP contribution is 2.38. The molecule has 2 aromatic rings. The maximum atomic E-state index is 14.9. The topological polar surface area (TPSA) is 132 Å². The summed E-state index contributed by atoms with van der Waals surface area (Å²) < 4.78 is 21.2. The SMILES string of the molecule is CON=C1CN(c2nc3c(cc2F)c(=O)c(OC(=O)O)cn3C2CC2)CC1CN. The van der Waals surface area contributed by atoms with Crippen molar-refractivity contribution in [3.05, 3.63) is 28.3 Å². The molecular weight excluding hydrogens is 385 g/mol. The van der Waals surface area contributed by atoms with Crippen LogP contribution in [0.5, 0.6) is 5.75 Å². The number of halogens is 1. The predicted molar refractivity (Wildman–Crippen MR) is 102 cm³/mol. The van der Waals surface area contributed by atoms with Crippen molar-refractivity contribution in [2.24, 2.45) is 16.8 Å². The molecule has 4 rings (SSSR count). The van der Waals surface area contributed by atoms with Crippen molar-refractivity contribution >= 4 is 28.7 Å². The Morgan fingerprint density at radius 3 is 2.86 bits per heavy atom. The van der Waals surface area contributed by atoms with E-state index in [-0.39, 0.29) is 34.6 Å². The number of carbonyl (C=O) groups is 1. The molecule has 2 fully saturated rings. The van der Waals surface area contributed by atoms with Crippen molar-refractivity contribution in [3.8, 4) is 5.75 Å². The Bertz CT molecular complexity index is 1060. The third-order valence-corrected chi connectivity index (χ3v) is 5.10. The number of pyridine rings is 2. The fourth-order valence-electron chi connectivity index (χ4n) is 3.59. The Balaban J connectivity index is 1.83. The van der Waals surface area contributed by atoms with Gasteiger partial charge in [-0.05, 0) is 18.9 Å². The Morgan fingerprint density at radius 2 is 2.24 bits per heavy atom. The van der Waals surface area contributed by atoms with Gasteiger partial charge in [0.25, 0.3) is 0 Å². The smallest absolute Gasteiger partial charge is 0.449 e. The summed E-state index contributed by atoms with van der Waals surface area (Å²) in [4.78, 5) is 34.5. The predicted octanol–water partition coefficient (Wildman–Crippen LogP) is 1.32. The Morgan fingerprint density at radius 1 is 1.48 bits per heavy atom. The monoisotopic (exact) mass is 405 g/mol. The number of anilines is 1. The average molecular weight is 405 g/mol. The summed E-state index contributed by atoms with van der Waals surface area (Å²) in [6.07, 6.45) is 1.42. The summed E-state index contributed by atoms with van der Waals surface area (Å²) in [5.41, 5.74) is 6.05. The van der Waals surface area contributed by atoms with Gasteiger partial charge in [0.1, 0.15) is 12.8 Å². The number of fused-ring (bicyclic) bond motifs is 1. The molecule has 2 aromatic heterocycles. The van der Waals surface area contributed by atoms with Gasteiger partial charge >= 0.3 is 6.16 Å². The van der Waals surface area contributed by atoms with E-state index in [1.54, 1.807) is 9.47 Å². The van der Waals surface area contributed by atoms with Crippen molar-refractivity contribution in [3.63, 3.8) is 0 Å². The summed E-state index contributed by atoms with van der Waals surface area (Å²) in [5.74, 6) is -1.08. The van der Waals surface area contributed by atoms with Gasteiger partial charge in [0.2, 0.25) is 5.43 Å². The molecule has 1 aliphatic carbocycles. The largest absolute Gasteiger partial charge is 0.511 e. The van der Waals surface area contributed by atoms with E-state index in [1.165, 1.54) is 13.3 Å². The third kappa shape index (κ3) is 3.48. The molecule has 3 heterocycles. The number of ether oxygens (including phenoxy) is 1. The first-order valence-electron chi connectivity index (χ1n) is 9.14. The summed E-state index contributed by atoms with van der Waals surface area (Å²) in [6, 6.07) is 1.14. The number of rotatable bonds is 5. The van der Waals surface area contributed by atoms with Gasteiger partial charge in [-0.1, -0.05) is 5.16 Å². The second kappa shape index (κ2) is 7.32. The van der Waals surface area contributed by atoms with E-state index in [4.69, 9.17) is 15.7 Å². The zero-order chi connectivity index (χ0) is 20.7. The molecule has 1 unspecified atom stereocenters. The van der Waals surface area contributed by atoms with Crippen LogP contribution in [0.1, 0.15) is 18.9 Å². The van der Waals surface area contributed by atoms with Crippen LogP contribution in [0.15, 0.2) is 22.2 Å². The molecule has 29 heavy (non-hydrogen) atoms. The van der Waals surface area contributed by atoms with Gasteiger partial charge in [0, 0.05) is 25.0 Å². The summed E-state index contributed by atoms with van der Waals surface area (Å²) in [7, 11) is 1.43. The number of hydrogen-bond acceptors (Lipinski definition) is 8. The van der Waals surface area contributed by atoms with Crippen molar-refractivity contribution in [2.75, 3.05) is 31.6 Å². The van der Waals surface area contributed by atoms with E-state index in [0.29, 0.717) is 25.3 Å². The number of nitrogens with zero attached hydrogens (tertiary/aromatic N) is 4. The van der Waals surface area contributed by atoms with Crippen LogP contribution in [0.25, 0.3) is 11.0 Å². The average Bonchev–Trinajstić information content (AvgIpc) is 3.44. The lowest BCUT2D eigenvalue weighted by atomic mass is 10.1. The molecule has 0 amide bonds.